The lowest BCUT2D eigenvalue weighted by atomic mass is 9.97. The van der Waals surface area contributed by atoms with Gasteiger partial charge in [-0.3, -0.25) is 0 Å². The van der Waals surface area contributed by atoms with E-state index in [4.69, 9.17) is 9.47 Å². The molecule has 134 valence electrons. The summed E-state index contributed by atoms with van der Waals surface area (Å²) in [4.78, 5) is 0. The smallest absolute Gasteiger partial charge is 0.279 e. The molecule has 0 aliphatic carbocycles. The topological polar surface area (TPSA) is 67.9 Å². The average molecular weight is 354 g/mol. The van der Waals surface area contributed by atoms with Crippen LogP contribution in [0.3, 0.4) is 0 Å². The summed E-state index contributed by atoms with van der Waals surface area (Å²) in [6, 6.07) is 5.78. The molecule has 0 aromatic heterocycles. The molecule has 6 nitrogen and oxygen atoms in total. The van der Waals surface area contributed by atoms with Gasteiger partial charge in [0, 0.05) is 31.6 Å². The second-order valence-corrected chi connectivity index (χ2v) is 8.28. The van der Waals surface area contributed by atoms with E-state index in [-0.39, 0.29) is 5.92 Å². The normalized spacial score (nSPS) is 22.3. The van der Waals surface area contributed by atoms with Crippen molar-refractivity contribution >= 4 is 10.2 Å². The Morgan fingerprint density at radius 2 is 2.00 bits per heavy atom. The van der Waals surface area contributed by atoms with Gasteiger partial charge in [-0.25, -0.2) is 4.72 Å². The van der Waals surface area contributed by atoms with Crippen LogP contribution < -0.4 is 14.2 Å². The van der Waals surface area contributed by atoms with Crippen molar-refractivity contribution in [3.63, 3.8) is 0 Å². The molecule has 1 fully saturated rings. The first kappa shape index (κ1) is 17.5. The molecule has 0 saturated carbocycles. The summed E-state index contributed by atoms with van der Waals surface area (Å²) in [5.74, 6) is 1.75. The fourth-order valence-corrected chi connectivity index (χ4v) is 4.64. The lowest BCUT2D eigenvalue weighted by molar-refractivity contribution is 0.221. The van der Waals surface area contributed by atoms with Gasteiger partial charge in [-0.2, -0.15) is 12.7 Å². The van der Waals surface area contributed by atoms with Gasteiger partial charge >= 0.3 is 0 Å². The molecule has 3 rings (SSSR count). The molecule has 2 heterocycles. The number of nitrogens with one attached hydrogen (secondary N) is 1. The van der Waals surface area contributed by atoms with Crippen LogP contribution >= 0.6 is 0 Å². The van der Waals surface area contributed by atoms with Crippen LogP contribution in [0.4, 0.5) is 0 Å². The van der Waals surface area contributed by atoms with E-state index in [0.29, 0.717) is 26.2 Å². The fourth-order valence-electron chi connectivity index (χ4n) is 3.27. The maximum Gasteiger partial charge on any atom is 0.279 e. The Labute approximate surface area is 144 Å². The minimum atomic E-state index is -3.39. The lowest BCUT2D eigenvalue weighted by Crippen LogP contribution is -2.44. The molecule has 2 aliphatic heterocycles. The van der Waals surface area contributed by atoms with E-state index in [1.165, 1.54) is 0 Å². The van der Waals surface area contributed by atoms with E-state index < -0.39 is 10.2 Å². The Bertz CT molecular complexity index is 655. The maximum absolute atomic E-state index is 12.5. The van der Waals surface area contributed by atoms with Gasteiger partial charge in [0.15, 0.2) is 0 Å². The number of fused-ring (bicyclic) bond motifs is 1. The van der Waals surface area contributed by atoms with Crippen LogP contribution in [0, 0.1) is 5.92 Å². The minimum Gasteiger partial charge on any atom is -0.497 e. The molecule has 24 heavy (non-hydrogen) atoms. The van der Waals surface area contributed by atoms with E-state index in [0.717, 1.165) is 49.2 Å². The van der Waals surface area contributed by atoms with Gasteiger partial charge in [0.1, 0.15) is 11.5 Å². The summed E-state index contributed by atoms with van der Waals surface area (Å²) in [5, 5.41) is 0. The van der Waals surface area contributed by atoms with Gasteiger partial charge in [-0.15, -0.1) is 0 Å². The molecule has 1 aromatic carbocycles. The molecule has 1 N–H and O–H groups in total. The first-order chi connectivity index (χ1) is 11.6. The van der Waals surface area contributed by atoms with Crippen molar-refractivity contribution in [2.75, 3.05) is 33.4 Å². The highest BCUT2D eigenvalue weighted by Gasteiger charge is 2.26. The van der Waals surface area contributed by atoms with Crippen molar-refractivity contribution in [2.24, 2.45) is 5.92 Å². The zero-order valence-corrected chi connectivity index (χ0v) is 15.0. The highest BCUT2D eigenvalue weighted by atomic mass is 32.2. The van der Waals surface area contributed by atoms with Gasteiger partial charge in [0.2, 0.25) is 0 Å². The Hall–Kier alpha value is -1.31. The zero-order chi connectivity index (χ0) is 17.0. The first-order valence-corrected chi connectivity index (χ1v) is 10.1. The minimum absolute atomic E-state index is 0.146. The Morgan fingerprint density at radius 1 is 1.25 bits per heavy atom. The number of nitrogens with zero attached hydrogens (tertiary/aromatic N) is 1. The third-order valence-corrected chi connectivity index (χ3v) is 6.29. The third kappa shape index (κ3) is 4.20. The zero-order valence-electron chi connectivity index (χ0n) is 14.2. The molecule has 7 heteroatoms. The maximum atomic E-state index is 12.5. The third-order valence-electron chi connectivity index (χ3n) is 4.72. The summed E-state index contributed by atoms with van der Waals surface area (Å²) in [6.45, 7) is 2.17. The number of benzene rings is 1. The molecule has 1 atom stereocenters. The monoisotopic (exact) mass is 354 g/mol. The molecule has 0 radical (unpaired) electrons. The molecule has 0 bridgehead atoms. The van der Waals surface area contributed by atoms with Crippen LogP contribution in [0.15, 0.2) is 18.2 Å². The first-order valence-electron chi connectivity index (χ1n) is 8.63. The van der Waals surface area contributed by atoms with Crippen molar-refractivity contribution in [2.45, 2.75) is 32.1 Å². The molecular formula is C17H26N2O4S. The Kier molecular flexibility index (Phi) is 5.63. The number of hydrogen-bond donors (Lipinski definition) is 1. The van der Waals surface area contributed by atoms with E-state index in [2.05, 4.69) is 4.72 Å². The van der Waals surface area contributed by atoms with E-state index in [1.807, 2.05) is 18.2 Å². The SMILES string of the molecule is COc1ccc2c(c1)OC[C@H](CNS(=O)(=O)N1CCCCCC1)C2. The summed E-state index contributed by atoms with van der Waals surface area (Å²) in [7, 11) is -1.76. The molecule has 1 aromatic rings. The number of ether oxygens (including phenoxy) is 2. The van der Waals surface area contributed by atoms with Crippen LogP contribution in [0.2, 0.25) is 0 Å². The lowest BCUT2D eigenvalue weighted by Gasteiger charge is -2.27. The van der Waals surface area contributed by atoms with Crippen molar-refractivity contribution < 1.29 is 17.9 Å². The molecular weight excluding hydrogens is 328 g/mol. The van der Waals surface area contributed by atoms with Crippen molar-refractivity contribution in [1.29, 1.82) is 0 Å². The van der Waals surface area contributed by atoms with Crippen molar-refractivity contribution in [3.8, 4) is 11.5 Å². The van der Waals surface area contributed by atoms with Gasteiger partial charge in [0.25, 0.3) is 10.2 Å². The predicted molar refractivity (Wildman–Crippen MR) is 92.6 cm³/mol. The molecule has 0 unspecified atom stereocenters. The average Bonchev–Trinajstić information content (AvgIpc) is 2.89. The summed E-state index contributed by atoms with van der Waals surface area (Å²) >= 11 is 0. The molecule has 0 amide bonds. The molecule has 0 spiro atoms. The number of hydrogen-bond acceptors (Lipinski definition) is 4. The Morgan fingerprint density at radius 3 is 2.71 bits per heavy atom. The second-order valence-electron chi connectivity index (χ2n) is 6.52. The molecule has 1 saturated heterocycles. The summed E-state index contributed by atoms with van der Waals surface area (Å²) in [6.07, 6.45) is 4.93. The second kappa shape index (κ2) is 7.72. The van der Waals surface area contributed by atoms with Crippen molar-refractivity contribution in [1.82, 2.24) is 9.03 Å². The highest BCUT2D eigenvalue weighted by Crippen LogP contribution is 2.30. The standard InChI is InChI=1S/C17H26N2O4S/c1-22-16-7-6-15-10-14(13-23-17(15)11-16)12-18-24(20,21)19-8-4-2-3-5-9-19/h6-7,11,14,18H,2-5,8-10,12-13H2,1H3/t14-/m0/s1. The van der Waals surface area contributed by atoms with Gasteiger partial charge in [-0.1, -0.05) is 18.9 Å². The molecule has 2 aliphatic rings. The predicted octanol–water partition coefficient (Wildman–Crippen LogP) is 1.96. The fraction of sp³-hybridized carbons (Fsp3) is 0.647. The van der Waals surface area contributed by atoms with Gasteiger partial charge in [-0.05, 0) is 30.9 Å². The highest BCUT2D eigenvalue weighted by molar-refractivity contribution is 7.87. The van der Waals surface area contributed by atoms with E-state index in [9.17, 15) is 8.42 Å². The largest absolute Gasteiger partial charge is 0.497 e. The van der Waals surface area contributed by atoms with Gasteiger partial charge < -0.3 is 9.47 Å². The number of methoxy groups -OCH3 is 1. The van der Waals surface area contributed by atoms with Crippen LogP contribution in [-0.4, -0.2) is 46.1 Å². The van der Waals surface area contributed by atoms with E-state index >= 15 is 0 Å². The number of rotatable bonds is 5. The van der Waals surface area contributed by atoms with Gasteiger partial charge in [0.05, 0.1) is 13.7 Å². The van der Waals surface area contributed by atoms with Crippen molar-refractivity contribution in [3.05, 3.63) is 23.8 Å². The Balaban J connectivity index is 1.57. The quantitative estimate of drug-likeness (QED) is 0.878. The van der Waals surface area contributed by atoms with Crippen LogP contribution in [0.5, 0.6) is 11.5 Å². The van der Waals surface area contributed by atoms with Crippen LogP contribution in [0.1, 0.15) is 31.2 Å². The van der Waals surface area contributed by atoms with E-state index in [1.54, 1.807) is 11.4 Å². The van der Waals surface area contributed by atoms with Crippen LogP contribution in [0.25, 0.3) is 0 Å². The summed E-state index contributed by atoms with van der Waals surface area (Å²) < 4.78 is 40.3. The summed E-state index contributed by atoms with van der Waals surface area (Å²) in [5.41, 5.74) is 1.10. The van der Waals surface area contributed by atoms with Crippen LogP contribution in [-0.2, 0) is 16.6 Å².